The van der Waals surface area contributed by atoms with E-state index in [1.54, 1.807) is 0 Å². The minimum atomic E-state index is -2.99. The molecule has 1 unspecified atom stereocenters. The van der Waals surface area contributed by atoms with Crippen molar-refractivity contribution in [2.45, 2.75) is 25.0 Å². The summed E-state index contributed by atoms with van der Waals surface area (Å²) in [6.07, 6.45) is -1.68. The summed E-state index contributed by atoms with van der Waals surface area (Å²) in [6.45, 7) is 0.670. The molecule has 0 bridgehead atoms. The van der Waals surface area contributed by atoms with Crippen molar-refractivity contribution >= 4 is 0 Å². The highest BCUT2D eigenvalue weighted by Crippen LogP contribution is 2.25. The lowest BCUT2D eigenvalue weighted by Crippen LogP contribution is -2.41. The standard InChI is InChI=1S/C6H11F2NO/c1-10-6(7,8)5-3-2-4-9-5/h5,9H,2-4H2,1H3. The van der Waals surface area contributed by atoms with E-state index in [2.05, 4.69) is 10.1 Å². The maximum absolute atomic E-state index is 12.6. The molecule has 10 heavy (non-hydrogen) atoms. The first-order valence-electron chi connectivity index (χ1n) is 3.33. The number of hydrogen-bond donors (Lipinski definition) is 1. The Labute approximate surface area is 58.6 Å². The molecule has 0 amide bonds. The normalized spacial score (nSPS) is 27.3. The van der Waals surface area contributed by atoms with Crippen LogP contribution in [0, 0.1) is 0 Å². The van der Waals surface area contributed by atoms with E-state index in [1.165, 1.54) is 0 Å². The molecule has 0 saturated carbocycles. The maximum atomic E-state index is 12.6. The number of nitrogens with one attached hydrogen (secondary N) is 1. The van der Waals surface area contributed by atoms with Crippen LogP contribution in [0.5, 0.6) is 0 Å². The van der Waals surface area contributed by atoms with Gasteiger partial charge in [0.2, 0.25) is 0 Å². The Bertz CT molecular complexity index is 112. The fourth-order valence-electron chi connectivity index (χ4n) is 1.11. The largest absolute Gasteiger partial charge is 0.370 e. The number of methoxy groups -OCH3 is 1. The molecule has 60 valence electrons. The van der Waals surface area contributed by atoms with Crippen LogP contribution in [0.25, 0.3) is 0 Å². The topological polar surface area (TPSA) is 21.3 Å². The first-order valence-corrected chi connectivity index (χ1v) is 3.33. The Balaban J connectivity index is 2.45. The van der Waals surface area contributed by atoms with Crippen molar-refractivity contribution in [1.82, 2.24) is 5.32 Å². The average Bonchev–Trinajstić information content (AvgIpc) is 2.38. The lowest BCUT2D eigenvalue weighted by atomic mass is 10.2. The van der Waals surface area contributed by atoms with E-state index in [0.717, 1.165) is 13.5 Å². The van der Waals surface area contributed by atoms with E-state index in [0.29, 0.717) is 13.0 Å². The van der Waals surface area contributed by atoms with Gasteiger partial charge in [-0.1, -0.05) is 0 Å². The van der Waals surface area contributed by atoms with Crippen LogP contribution >= 0.6 is 0 Å². The first-order chi connectivity index (χ1) is 4.67. The fraction of sp³-hybridized carbons (Fsp3) is 1.00. The van der Waals surface area contributed by atoms with Crippen LogP contribution in [0.2, 0.25) is 0 Å². The number of rotatable bonds is 2. The molecule has 1 aliphatic rings. The van der Waals surface area contributed by atoms with E-state index in [9.17, 15) is 8.78 Å². The van der Waals surface area contributed by atoms with Gasteiger partial charge in [-0.25, -0.2) is 0 Å². The van der Waals surface area contributed by atoms with Gasteiger partial charge in [0.05, 0.1) is 6.04 Å². The summed E-state index contributed by atoms with van der Waals surface area (Å²) in [7, 11) is 1.03. The number of ether oxygens (including phenoxy) is 1. The third kappa shape index (κ3) is 1.44. The van der Waals surface area contributed by atoms with Crippen molar-refractivity contribution < 1.29 is 13.5 Å². The van der Waals surface area contributed by atoms with Gasteiger partial charge in [-0.05, 0) is 19.4 Å². The molecule has 1 saturated heterocycles. The number of halogens is 2. The quantitative estimate of drug-likeness (QED) is 0.635. The van der Waals surface area contributed by atoms with Crippen LogP contribution in [-0.2, 0) is 4.74 Å². The van der Waals surface area contributed by atoms with Gasteiger partial charge in [-0.15, -0.1) is 0 Å². The molecular formula is C6H11F2NO. The zero-order valence-electron chi connectivity index (χ0n) is 5.86. The summed E-state index contributed by atoms with van der Waals surface area (Å²) in [6, 6.07) is -0.780. The molecule has 0 aromatic rings. The van der Waals surface area contributed by atoms with E-state index in [4.69, 9.17) is 0 Å². The third-order valence-electron chi connectivity index (χ3n) is 1.74. The van der Waals surface area contributed by atoms with Crippen LogP contribution in [0.15, 0.2) is 0 Å². The van der Waals surface area contributed by atoms with Gasteiger partial charge in [0.1, 0.15) is 0 Å². The average molecular weight is 151 g/mol. The summed E-state index contributed by atoms with van der Waals surface area (Å²) in [5.74, 6) is 0. The molecule has 1 fully saturated rings. The Morgan fingerprint density at radius 3 is 2.70 bits per heavy atom. The van der Waals surface area contributed by atoms with Crippen LogP contribution in [0.4, 0.5) is 8.78 Å². The molecule has 1 heterocycles. The zero-order valence-corrected chi connectivity index (χ0v) is 5.86. The molecule has 4 heteroatoms. The minimum absolute atomic E-state index is 0.501. The summed E-state index contributed by atoms with van der Waals surface area (Å²) in [5, 5.41) is 2.67. The van der Waals surface area contributed by atoms with Gasteiger partial charge in [-0.3, -0.25) is 0 Å². The number of hydrogen-bond acceptors (Lipinski definition) is 2. The Hall–Kier alpha value is -0.220. The van der Waals surface area contributed by atoms with Gasteiger partial charge >= 0.3 is 6.11 Å². The highest BCUT2D eigenvalue weighted by Gasteiger charge is 2.40. The molecule has 2 nitrogen and oxygen atoms in total. The second-order valence-corrected chi connectivity index (χ2v) is 2.41. The predicted octanol–water partition coefficient (Wildman–Crippen LogP) is 0.978. The minimum Gasteiger partial charge on any atom is -0.323 e. The molecule has 0 aliphatic carbocycles. The summed E-state index contributed by atoms with van der Waals surface area (Å²) >= 11 is 0. The van der Waals surface area contributed by atoms with Gasteiger partial charge in [0.15, 0.2) is 0 Å². The van der Waals surface area contributed by atoms with E-state index in [-0.39, 0.29) is 0 Å². The third-order valence-corrected chi connectivity index (χ3v) is 1.74. The molecule has 0 radical (unpaired) electrons. The molecule has 1 aliphatic heterocycles. The molecule has 1 N–H and O–H groups in total. The lowest BCUT2D eigenvalue weighted by Gasteiger charge is -2.20. The molecule has 0 spiro atoms. The van der Waals surface area contributed by atoms with Gasteiger partial charge in [-0.2, -0.15) is 8.78 Å². The second-order valence-electron chi connectivity index (χ2n) is 2.41. The molecule has 0 aromatic heterocycles. The van der Waals surface area contributed by atoms with Crippen LogP contribution in [0.3, 0.4) is 0 Å². The Morgan fingerprint density at radius 1 is 1.60 bits per heavy atom. The highest BCUT2D eigenvalue weighted by molar-refractivity contribution is 4.81. The van der Waals surface area contributed by atoms with Crippen molar-refractivity contribution in [2.24, 2.45) is 0 Å². The van der Waals surface area contributed by atoms with E-state index in [1.807, 2.05) is 0 Å². The number of alkyl halides is 2. The monoisotopic (exact) mass is 151 g/mol. The summed E-state index contributed by atoms with van der Waals surface area (Å²) < 4.78 is 29.2. The lowest BCUT2D eigenvalue weighted by molar-refractivity contribution is -0.238. The molecule has 1 rings (SSSR count). The first kappa shape index (κ1) is 7.88. The Morgan fingerprint density at radius 2 is 2.30 bits per heavy atom. The van der Waals surface area contributed by atoms with Crippen molar-refractivity contribution in [2.75, 3.05) is 13.7 Å². The zero-order chi connectivity index (χ0) is 7.61. The Kier molecular flexibility index (Phi) is 2.21. The van der Waals surface area contributed by atoms with Crippen LogP contribution < -0.4 is 5.32 Å². The smallest absolute Gasteiger partial charge is 0.323 e. The van der Waals surface area contributed by atoms with Crippen LogP contribution in [-0.4, -0.2) is 25.8 Å². The highest BCUT2D eigenvalue weighted by atomic mass is 19.3. The van der Waals surface area contributed by atoms with Crippen molar-refractivity contribution in [1.29, 1.82) is 0 Å². The van der Waals surface area contributed by atoms with Gasteiger partial charge in [0, 0.05) is 7.11 Å². The van der Waals surface area contributed by atoms with Gasteiger partial charge < -0.3 is 10.1 Å². The van der Waals surface area contributed by atoms with E-state index >= 15 is 0 Å². The molecular weight excluding hydrogens is 140 g/mol. The predicted molar refractivity (Wildman–Crippen MR) is 33.0 cm³/mol. The van der Waals surface area contributed by atoms with Gasteiger partial charge in [0.25, 0.3) is 0 Å². The van der Waals surface area contributed by atoms with E-state index < -0.39 is 12.2 Å². The summed E-state index contributed by atoms with van der Waals surface area (Å²) in [4.78, 5) is 0. The molecule has 1 atom stereocenters. The molecule has 0 aromatic carbocycles. The van der Waals surface area contributed by atoms with Crippen molar-refractivity contribution in [3.05, 3.63) is 0 Å². The summed E-state index contributed by atoms with van der Waals surface area (Å²) in [5.41, 5.74) is 0. The fourth-order valence-corrected chi connectivity index (χ4v) is 1.11. The second kappa shape index (κ2) is 2.80. The van der Waals surface area contributed by atoms with Crippen molar-refractivity contribution in [3.63, 3.8) is 0 Å². The SMILES string of the molecule is COC(F)(F)C1CCCN1. The van der Waals surface area contributed by atoms with Crippen molar-refractivity contribution in [3.8, 4) is 0 Å². The maximum Gasteiger partial charge on any atom is 0.370 e. The van der Waals surface area contributed by atoms with Crippen LogP contribution in [0.1, 0.15) is 12.8 Å².